The van der Waals surface area contributed by atoms with Crippen LogP contribution in [0.25, 0.3) is 16.6 Å². The first-order valence-corrected chi connectivity index (χ1v) is 13.7. The third kappa shape index (κ3) is 6.36. The van der Waals surface area contributed by atoms with Crippen molar-refractivity contribution in [2.45, 2.75) is 45.8 Å². The Hall–Kier alpha value is -4.35. The van der Waals surface area contributed by atoms with Crippen molar-refractivity contribution in [3.05, 3.63) is 60.8 Å². The Morgan fingerprint density at radius 2 is 1.88 bits per heavy atom. The summed E-state index contributed by atoms with van der Waals surface area (Å²) in [7, 11) is 3.71. The molecule has 2 atom stereocenters. The van der Waals surface area contributed by atoms with Crippen molar-refractivity contribution in [1.82, 2.24) is 20.1 Å². The monoisotopic (exact) mass is 559 g/mol. The zero-order valence-corrected chi connectivity index (χ0v) is 24.7. The summed E-state index contributed by atoms with van der Waals surface area (Å²) in [5, 5.41) is 20.2. The zero-order chi connectivity index (χ0) is 29.8. The summed E-state index contributed by atoms with van der Waals surface area (Å²) in [6.45, 7) is 13.7. The lowest BCUT2D eigenvalue weighted by Crippen LogP contribution is -2.55. The van der Waals surface area contributed by atoms with Crippen LogP contribution in [0.2, 0.25) is 0 Å². The number of carbonyl (C=O) groups is 1. The molecule has 11 nitrogen and oxygen atoms in total. The number of nitrogens with one attached hydrogen (secondary N) is 4. The second-order valence-corrected chi connectivity index (χ2v) is 10.7. The number of ether oxygens (including phenoxy) is 1. The van der Waals surface area contributed by atoms with E-state index in [-0.39, 0.29) is 17.8 Å². The van der Waals surface area contributed by atoms with Crippen molar-refractivity contribution >= 4 is 45.4 Å². The van der Waals surface area contributed by atoms with E-state index in [9.17, 15) is 4.79 Å². The Kier molecular flexibility index (Phi) is 8.99. The maximum absolute atomic E-state index is 12.4. The largest absolute Gasteiger partial charge is 0.494 e. The van der Waals surface area contributed by atoms with Crippen molar-refractivity contribution < 1.29 is 9.53 Å². The number of amidine groups is 1. The molecule has 0 unspecified atom stereocenters. The van der Waals surface area contributed by atoms with E-state index in [1.165, 1.54) is 6.08 Å². The number of amides is 1. The number of aromatic nitrogens is 2. The molecule has 41 heavy (non-hydrogen) atoms. The number of nitrogens with two attached hydrogens (primary N) is 1. The van der Waals surface area contributed by atoms with Gasteiger partial charge in [-0.3, -0.25) is 25.6 Å². The van der Waals surface area contributed by atoms with Gasteiger partial charge in [0.2, 0.25) is 5.91 Å². The van der Waals surface area contributed by atoms with Crippen molar-refractivity contribution in [1.29, 1.82) is 5.41 Å². The van der Waals surface area contributed by atoms with Gasteiger partial charge < -0.3 is 25.7 Å². The van der Waals surface area contributed by atoms with Crippen LogP contribution in [0.4, 0.5) is 17.1 Å². The fourth-order valence-corrected chi connectivity index (χ4v) is 5.15. The normalized spacial score (nSPS) is 18.0. The highest BCUT2D eigenvalue weighted by Gasteiger charge is 2.29. The molecule has 2 heterocycles. The summed E-state index contributed by atoms with van der Waals surface area (Å²) in [6.07, 6.45) is 4.67. The molecule has 4 rings (SSSR count). The fourth-order valence-electron chi connectivity index (χ4n) is 5.15. The third-order valence-corrected chi connectivity index (χ3v) is 7.57. The summed E-state index contributed by atoms with van der Waals surface area (Å²) in [6, 6.07) is 10.5. The van der Waals surface area contributed by atoms with Crippen LogP contribution in [0.15, 0.2) is 55.3 Å². The highest BCUT2D eigenvalue weighted by Crippen LogP contribution is 2.38. The van der Waals surface area contributed by atoms with E-state index in [1.54, 1.807) is 19.3 Å². The number of piperazine rings is 1. The average molecular weight is 560 g/mol. The number of methoxy groups -OCH3 is 1. The first-order valence-electron chi connectivity index (χ1n) is 13.7. The lowest BCUT2D eigenvalue weighted by Gasteiger charge is -2.44. The molecule has 0 bridgehead atoms. The minimum Gasteiger partial charge on any atom is -0.494 e. The van der Waals surface area contributed by atoms with E-state index in [0.717, 1.165) is 35.2 Å². The molecule has 3 aromatic rings. The lowest BCUT2D eigenvalue weighted by molar-refractivity contribution is -0.111. The van der Waals surface area contributed by atoms with Crippen molar-refractivity contribution in [3.63, 3.8) is 0 Å². The summed E-state index contributed by atoms with van der Waals surface area (Å²) >= 11 is 0. The number of carbonyl (C=O) groups excluding carboxylic acids is 1. The summed E-state index contributed by atoms with van der Waals surface area (Å²) in [4.78, 5) is 17.0. The van der Waals surface area contributed by atoms with Crippen LogP contribution in [0, 0.1) is 5.41 Å². The molecule has 1 amide bonds. The zero-order valence-electron chi connectivity index (χ0n) is 24.7. The predicted octanol–water partition coefficient (Wildman–Crippen LogP) is 4.17. The molecule has 1 aliphatic heterocycles. The molecule has 6 N–H and O–H groups in total. The van der Waals surface area contributed by atoms with Gasteiger partial charge in [-0.1, -0.05) is 12.6 Å². The highest BCUT2D eigenvalue weighted by molar-refractivity contribution is 6.08. The Labute approximate surface area is 241 Å². The first-order chi connectivity index (χ1) is 19.6. The minimum atomic E-state index is -0.321. The molecule has 1 saturated heterocycles. The van der Waals surface area contributed by atoms with Gasteiger partial charge in [-0.2, -0.15) is 5.10 Å². The van der Waals surface area contributed by atoms with Gasteiger partial charge in [0.05, 0.1) is 41.6 Å². The molecule has 2 aromatic carbocycles. The quantitative estimate of drug-likeness (QED) is 0.0866. The number of likely N-dealkylation sites (N-methyl/N-ethyl adjacent to an activating group) is 1. The van der Waals surface area contributed by atoms with Crippen LogP contribution in [0.3, 0.4) is 0 Å². The van der Waals surface area contributed by atoms with Crippen LogP contribution in [-0.2, 0) is 4.79 Å². The number of nitrogens with zero attached hydrogens (tertiary/aromatic N) is 4. The smallest absolute Gasteiger partial charge is 0.247 e. The Bertz CT molecular complexity index is 1460. The molecule has 0 radical (unpaired) electrons. The van der Waals surface area contributed by atoms with Crippen LogP contribution in [-0.4, -0.2) is 65.8 Å². The lowest BCUT2D eigenvalue weighted by atomic mass is 10.1. The summed E-state index contributed by atoms with van der Waals surface area (Å²) < 4.78 is 7.69. The van der Waals surface area contributed by atoms with Crippen molar-refractivity contribution in [2.75, 3.05) is 42.8 Å². The summed E-state index contributed by atoms with van der Waals surface area (Å²) in [5.41, 5.74) is 7.07. The predicted molar refractivity (Wildman–Crippen MR) is 167 cm³/mol. The van der Waals surface area contributed by atoms with E-state index in [0.29, 0.717) is 34.9 Å². The molecule has 218 valence electrons. The van der Waals surface area contributed by atoms with E-state index in [2.05, 4.69) is 72.3 Å². The maximum Gasteiger partial charge on any atom is 0.247 e. The Morgan fingerprint density at radius 3 is 2.49 bits per heavy atom. The second-order valence-electron chi connectivity index (χ2n) is 10.7. The molecule has 0 aliphatic carbocycles. The van der Waals surface area contributed by atoms with Gasteiger partial charge in [0.15, 0.2) is 0 Å². The number of hydrogen-bond acceptors (Lipinski definition) is 8. The van der Waals surface area contributed by atoms with Gasteiger partial charge in [-0.05, 0) is 64.6 Å². The average Bonchev–Trinajstić information content (AvgIpc) is 3.38. The molecular formula is C30H41N9O2. The number of benzene rings is 2. The first kappa shape index (κ1) is 29.6. The van der Waals surface area contributed by atoms with Crippen LogP contribution >= 0.6 is 0 Å². The molecule has 0 saturated carbocycles. The standard InChI is InChI=1S/C30H41N9O2/c1-8-30(40)35-24-12-25(28(41-7)14-27(24)38-16-19(4)37(6)20(5)17-38)34-29(31)13-23(36-32)21-9-10-26-22(11-21)15-33-39(26)18(2)3/h8-15,18-20,36H,1,16-17,32H2,2-7H3,(H2,31,34)(H,35,40)/b23-13-/t19-,20+. The van der Waals surface area contributed by atoms with Crippen molar-refractivity contribution in [3.8, 4) is 5.75 Å². The Balaban J connectivity index is 1.65. The Morgan fingerprint density at radius 1 is 1.17 bits per heavy atom. The molecular weight excluding hydrogens is 518 g/mol. The van der Waals surface area contributed by atoms with E-state index in [4.69, 9.17) is 16.0 Å². The van der Waals surface area contributed by atoms with Gasteiger partial charge in [-0.15, -0.1) is 0 Å². The molecule has 1 aromatic heterocycles. The van der Waals surface area contributed by atoms with Crippen molar-refractivity contribution in [2.24, 2.45) is 5.84 Å². The maximum atomic E-state index is 12.4. The fraction of sp³-hybridized carbons (Fsp3) is 0.367. The number of hydrogen-bond donors (Lipinski definition) is 5. The number of hydrazine groups is 1. The summed E-state index contributed by atoms with van der Waals surface area (Å²) in [5.74, 6) is 6.17. The molecule has 11 heteroatoms. The topological polar surface area (TPSA) is 137 Å². The van der Waals surface area contributed by atoms with Crippen LogP contribution in [0.1, 0.15) is 39.3 Å². The van der Waals surface area contributed by atoms with E-state index < -0.39 is 0 Å². The van der Waals surface area contributed by atoms with Gasteiger partial charge in [0, 0.05) is 48.7 Å². The van der Waals surface area contributed by atoms with Gasteiger partial charge in [0.1, 0.15) is 11.6 Å². The molecule has 0 spiro atoms. The van der Waals surface area contributed by atoms with Gasteiger partial charge >= 0.3 is 0 Å². The number of rotatable bonds is 9. The number of fused-ring (bicyclic) bond motifs is 1. The van der Waals surface area contributed by atoms with Crippen LogP contribution in [0.5, 0.6) is 5.75 Å². The van der Waals surface area contributed by atoms with E-state index >= 15 is 0 Å². The highest BCUT2D eigenvalue weighted by atomic mass is 16.5. The van der Waals surface area contributed by atoms with E-state index in [1.807, 2.05) is 35.1 Å². The number of anilines is 3. The molecule has 1 fully saturated rings. The second kappa shape index (κ2) is 12.4. The SMILES string of the molecule is C=CC(=O)Nc1cc(NC(=N)/C=C(\NN)c2ccc3c(cnn3C(C)C)c2)c(OC)cc1N1C[C@@H](C)N(C)[C@@H](C)C1. The third-order valence-electron chi connectivity index (χ3n) is 7.57. The van der Waals surface area contributed by atoms with Gasteiger partial charge in [0.25, 0.3) is 0 Å². The molecule has 1 aliphatic rings. The van der Waals surface area contributed by atoms with Crippen LogP contribution < -0.4 is 31.5 Å². The minimum absolute atomic E-state index is 0.0739. The van der Waals surface area contributed by atoms with Gasteiger partial charge in [-0.25, -0.2) is 0 Å².